The monoisotopic (exact) mass is 429 g/mol. The lowest BCUT2D eigenvalue weighted by molar-refractivity contribution is -0.139. The molecule has 2 aliphatic heterocycles. The predicted molar refractivity (Wildman–Crippen MR) is 119 cm³/mol. The van der Waals surface area contributed by atoms with Crippen molar-refractivity contribution in [1.82, 2.24) is 10.2 Å². The van der Waals surface area contributed by atoms with Gasteiger partial charge in [0.2, 0.25) is 5.91 Å². The molecule has 3 fully saturated rings. The second-order valence-electron chi connectivity index (χ2n) is 9.39. The van der Waals surface area contributed by atoms with E-state index in [0.717, 1.165) is 75.8 Å². The number of aliphatic hydroxyl groups excluding tert-OH is 1. The van der Waals surface area contributed by atoms with Crippen molar-refractivity contribution in [3.63, 3.8) is 0 Å². The molecule has 4 rings (SSSR count). The smallest absolute Gasteiger partial charge is 0.410 e. The predicted octanol–water partition coefficient (Wildman–Crippen LogP) is 3.23. The number of piperidine rings is 1. The first-order valence-corrected chi connectivity index (χ1v) is 11.7. The average Bonchev–Trinajstić information content (AvgIpc) is 3.06. The van der Waals surface area contributed by atoms with Crippen LogP contribution < -0.4 is 15.0 Å². The van der Waals surface area contributed by atoms with Gasteiger partial charge in [0.1, 0.15) is 5.75 Å². The summed E-state index contributed by atoms with van der Waals surface area (Å²) in [6, 6.07) is 6.17. The number of benzene rings is 1. The van der Waals surface area contributed by atoms with Gasteiger partial charge in [0.05, 0.1) is 11.5 Å². The van der Waals surface area contributed by atoms with Crippen molar-refractivity contribution in [1.29, 1.82) is 0 Å². The van der Waals surface area contributed by atoms with Crippen LogP contribution in [-0.4, -0.2) is 60.3 Å². The van der Waals surface area contributed by atoms with Crippen molar-refractivity contribution in [3.05, 3.63) is 23.8 Å². The fourth-order valence-corrected chi connectivity index (χ4v) is 5.52. The van der Waals surface area contributed by atoms with Crippen LogP contribution in [0.25, 0.3) is 0 Å². The topological polar surface area (TPSA) is 82.1 Å². The van der Waals surface area contributed by atoms with Gasteiger partial charge in [-0.15, -0.1) is 0 Å². The Morgan fingerprint density at radius 1 is 1.23 bits per heavy atom. The lowest BCUT2D eigenvalue weighted by Gasteiger charge is -2.41. The van der Waals surface area contributed by atoms with E-state index in [-0.39, 0.29) is 11.5 Å². The first kappa shape index (κ1) is 21.9. The van der Waals surface area contributed by atoms with E-state index in [9.17, 15) is 14.7 Å². The number of anilines is 1. The van der Waals surface area contributed by atoms with Crippen LogP contribution in [0.4, 0.5) is 10.5 Å². The van der Waals surface area contributed by atoms with Crippen LogP contribution in [0.15, 0.2) is 18.2 Å². The summed E-state index contributed by atoms with van der Waals surface area (Å²) < 4.78 is 5.38. The number of hydrogen-bond acceptors (Lipinski definition) is 5. The molecule has 7 nitrogen and oxygen atoms in total. The number of rotatable bonds is 4. The van der Waals surface area contributed by atoms with Crippen molar-refractivity contribution in [2.24, 2.45) is 5.41 Å². The maximum atomic E-state index is 13.5. The van der Waals surface area contributed by atoms with Crippen molar-refractivity contribution in [3.8, 4) is 5.75 Å². The highest BCUT2D eigenvalue weighted by Gasteiger charge is 2.50. The zero-order chi connectivity index (χ0) is 22.0. The molecule has 1 aromatic carbocycles. The molecule has 0 aromatic heterocycles. The van der Waals surface area contributed by atoms with Crippen molar-refractivity contribution < 1.29 is 19.4 Å². The SMILES string of the molecule is CCNC(=O)Oc1ccc(N2CCCC3(CCN(C4CCC(O)CC4)C3=O)C2)cc1C. The van der Waals surface area contributed by atoms with Crippen LogP contribution in [0, 0.1) is 12.3 Å². The van der Waals surface area contributed by atoms with Gasteiger partial charge in [0.25, 0.3) is 0 Å². The summed E-state index contributed by atoms with van der Waals surface area (Å²) in [7, 11) is 0. The number of nitrogens with one attached hydrogen (secondary N) is 1. The lowest BCUT2D eigenvalue weighted by atomic mass is 9.78. The number of ether oxygens (including phenoxy) is 1. The lowest BCUT2D eigenvalue weighted by Crippen LogP contribution is -2.50. The van der Waals surface area contributed by atoms with E-state index in [1.54, 1.807) is 0 Å². The van der Waals surface area contributed by atoms with Gasteiger partial charge in [-0.25, -0.2) is 4.79 Å². The number of carbonyl (C=O) groups excluding carboxylic acids is 2. The van der Waals surface area contributed by atoms with E-state index < -0.39 is 6.09 Å². The van der Waals surface area contributed by atoms with Gasteiger partial charge in [0.15, 0.2) is 0 Å². The molecule has 7 heteroatoms. The first-order valence-electron chi connectivity index (χ1n) is 11.7. The number of hydrogen-bond donors (Lipinski definition) is 2. The Morgan fingerprint density at radius 3 is 2.71 bits per heavy atom. The molecule has 0 bridgehead atoms. The maximum Gasteiger partial charge on any atom is 0.412 e. The van der Waals surface area contributed by atoms with Crippen molar-refractivity contribution in [2.75, 3.05) is 31.1 Å². The highest BCUT2D eigenvalue weighted by atomic mass is 16.6. The van der Waals surface area contributed by atoms with Gasteiger partial charge in [-0.2, -0.15) is 0 Å². The van der Waals surface area contributed by atoms with Crippen LogP contribution in [0.3, 0.4) is 0 Å². The minimum Gasteiger partial charge on any atom is -0.410 e. The normalized spacial score (nSPS) is 28.8. The summed E-state index contributed by atoms with van der Waals surface area (Å²) in [5, 5.41) is 12.5. The number of carbonyl (C=O) groups is 2. The molecule has 2 saturated heterocycles. The Labute approximate surface area is 184 Å². The number of amides is 2. The number of nitrogens with zero attached hydrogens (tertiary/aromatic N) is 2. The molecule has 170 valence electrons. The number of aryl methyl sites for hydroxylation is 1. The summed E-state index contributed by atoms with van der Waals surface area (Å²) in [5.74, 6) is 0.871. The molecule has 1 aromatic rings. The maximum absolute atomic E-state index is 13.5. The zero-order valence-electron chi connectivity index (χ0n) is 18.7. The van der Waals surface area contributed by atoms with Crippen LogP contribution in [-0.2, 0) is 4.79 Å². The molecule has 31 heavy (non-hydrogen) atoms. The summed E-state index contributed by atoms with van der Waals surface area (Å²) in [6.07, 6.45) is 5.66. The molecule has 1 unspecified atom stereocenters. The summed E-state index contributed by atoms with van der Waals surface area (Å²) in [5.41, 5.74) is 1.69. The van der Waals surface area contributed by atoms with Crippen molar-refractivity contribution in [2.45, 2.75) is 70.9 Å². The molecule has 1 aliphatic carbocycles. The molecule has 2 N–H and O–H groups in total. The molecule has 1 spiro atoms. The minimum absolute atomic E-state index is 0.198. The summed E-state index contributed by atoms with van der Waals surface area (Å²) >= 11 is 0. The third-order valence-electron chi connectivity index (χ3n) is 7.28. The average molecular weight is 430 g/mol. The van der Waals surface area contributed by atoms with E-state index in [2.05, 4.69) is 15.1 Å². The summed E-state index contributed by atoms with van der Waals surface area (Å²) in [4.78, 5) is 29.7. The van der Waals surface area contributed by atoms with Gasteiger partial charge in [-0.05, 0) is 82.6 Å². The van der Waals surface area contributed by atoms with E-state index in [1.165, 1.54) is 0 Å². The quantitative estimate of drug-likeness (QED) is 0.768. The van der Waals surface area contributed by atoms with E-state index >= 15 is 0 Å². The van der Waals surface area contributed by atoms with Crippen molar-refractivity contribution >= 4 is 17.7 Å². The highest BCUT2D eigenvalue weighted by Crippen LogP contribution is 2.43. The third-order valence-corrected chi connectivity index (χ3v) is 7.28. The summed E-state index contributed by atoms with van der Waals surface area (Å²) in [6.45, 7) is 6.84. The molecule has 1 atom stereocenters. The molecule has 3 aliphatic rings. The van der Waals surface area contributed by atoms with E-state index in [4.69, 9.17) is 4.74 Å². The largest absolute Gasteiger partial charge is 0.412 e. The third kappa shape index (κ3) is 4.52. The zero-order valence-corrected chi connectivity index (χ0v) is 18.7. The van der Waals surface area contributed by atoms with Crippen LogP contribution >= 0.6 is 0 Å². The Hall–Kier alpha value is -2.28. The van der Waals surface area contributed by atoms with E-state index in [1.807, 2.05) is 32.0 Å². The van der Waals surface area contributed by atoms with Gasteiger partial charge in [-0.1, -0.05) is 0 Å². The minimum atomic E-state index is -0.442. The fourth-order valence-electron chi connectivity index (χ4n) is 5.52. The van der Waals surface area contributed by atoms with Gasteiger partial charge >= 0.3 is 6.09 Å². The fraction of sp³-hybridized carbons (Fsp3) is 0.667. The number of aliphatic hydroxyl groups is 1. The highest BCUT2D eigenvalue weighted by molar-refractivity contribution is 5.86. The molecular formula is C24H35N3O4. The van der Waals surface area contributed by atoms with Crippen LogP contribution in [0.5, 0.6) is 5.75 Å². The van der Waals surface area contributed by atoms with Gasteiger partial charge in [0, 0.05) is 37.9 Å². The van der Waals surface area contributed by atoms with Crippen LogP contribution in [0.1, 0.15) is 57.4 Å². The molecular weight excluding hydrogens is 394 g/mol. The Balaban J connectivity index is 1.44. The Morgan fingerprint density at radius 2 is 2.00 bits per heavy atom. The molecule has 0 radical (unpaired) electrons. The Bertz CT molecular complexity index is 821. The molecule has 2 amide bonds. The first-order chi connectivity index (χ1) is 14.9. The van der Waals surface area contributed by atoms with Crippen LogP contribution in [0.2, 0.25) is 0 Å². The van der Waals surface area contributed by atoms with E-state index in [0.29, 0.717) is 24.2 Å². The second kappa shape index (κ2) is 9.07. The standard InChI is InChI=1S/C24H35N3O4/c1-3-25-23(30)31-21-10-7-19(15-17(21)2)26-13-4-11-24(16-26)12-14-27(22(24)29)18-5-8-20(28)9-6-18/h7,10,15,18,20,28H,3-6,8-9,11-14,16H2,1-2H3,(H,25,30). The molecule has 2 heterocycles. The Kier molecular flexibility index (Phi) is 6.42. The molecule has 1 saturated carbocycles. The van der Waals surface area contributed by atoms with Gasteiger partial charge < -0.3 is 25.0 Å². The second-order valence-corrected chi connectivity index (χ2v) is 9.39. The van der Waals surface area contributed by atoms with Gasteiger partial charge in [-0.3, -0.25) is 4.79 Å². The number of likely N-dealkylation sites (tertiary alicyclic amines) is 1.